The van der Waals surface area contributed by atoms with E-state index in [4.69, 9.17) is 12.3 Å². The summed E-state index contributed by atoms with van der Waals surface area (Å²) in [6, 6.07) is 0. The molecule has 0 aromatic rings. The Labute approximate surface area is 177 Å². The van der Waals surface area contributed by atoms with Gasteiger partial charge in [-0.25, -0.2) is 0 Å². The van der Waals surface area contributed by atoms with Crippen molar-refractivity contribution in [2.24, 2.45) is 35.5 Å². The maximum atomic E-state index is 7.13. The van der Waals surface area contributed by atoms with Crippen LogP contribution in [0.1, 0.15) is 19.3 Å². The van der Waals surface area contributed by atoms with Crippen LogP contribution in [0.15, 0.2) is 12.2 Å². The van der Waals surface area contributed by atoms with Crippen LogP contribution in [0, 0.1) is 35.5 Å². The van der Waals surface area contributed by atoms with Gasteiger partial charge in [0.2, 0.25) is 0 Å². The van der Waals surface area contributed by atoms with E-state index in [1.165, 1.54) is 19.3 Å². The first kappa shape index (κ1) is 21.7. The number of allylic oxidation sites excluding steroid dienone is 2. The third-order valence-corrected chi connectivity index (χ3v) is 19.4. The molecule has 3 nitrogen and oxygen atoms in total. The largest absolute Gasteiger partial charge is 0.473 e. The van der Waals surface area contributed by atoms with Crippen LogP contribution in [-0.4, -0.2) is 33.8 Å². The summed E-state index contributed by atoms with van der Waals surface area (Å²) >= 11 is 0. The second-order valence-corrected chi connectivity index (χ2v) is 29.9. The molecular weight excluding hydrogens is 413 g/mol. The van der Waals surface area contributed by atoms with Crippen LogP contribution < -0.4 is 0 Å². The molecule has 0 N–H and O–H groups in total. The molecule has 0 radical (unpaired) electrons. The summed E-state index contributed by atoms with van der Waals surface area (Å²) in [5.41, 5.74) is 0.539. The standard InChI is InChI=1S/C21H42O3Si4/c1-25(2,3)22-28(23-26(4,5)6,24-27(7,8)9)19-14-17-13-18(19)21-16-11-10-15(12-16)20(17)21/h10-11,15-21H,12-14H2,1-9H3. The fourth-order valence-electron chi connectivity index (χ4n) is 6.99. The minimum absolute atomic E-state index is 0.539. The van der Waals surface area contributed by atoms with Crippen molar-refractivity contribution in [1.82, 2.24) is 0 Å². The van der Waals surface area contributed by atoms with Crippen molar-refractivity contribution in [3.05, 3.63) is 12.2 Å². The van der Waals surface area contributed by atoms with Crippen molar-refractivity contribution in [1.29, 1.82) is 0 Å². The van der Waals surface area contributed by atoms with Gasteiger partial charge >= 0.3 is 8.80 Å². The third kappa shape index (κ3) is 4.01. The van der Waals surface area contributed by atoms with E-state index in [0.29, 0.717) is 5.54 Å². The van der Waals surface area contributed by atoms with Crippen molar-refractivity contribution in [2.45, 2.75) is 83.7 Å². The Morgan fingerprint density at radius 2 is 1.07 bits per heavy atom. The van der Waals surface area contributed by atoms with Crippen LogP contribution in [0.25, 0.3) is 0 Å². The molecule has 4 aliphatic carbocycles. The molecular formula is C21H42O3Si4. The predicted molar refractivity (Wildman–Crippen MR) is 127 cm³/mol. The van der Waals surface area contributed by atoms with Crippen molar-refractivity contribution < 1.29 is 12.3 Å². The molecule has 0 aliphatic heterocycles. The van der Waals surface area contributed by atoms with E-state index in [9.17, 15) is 0 Å². The minimum atomic E-state index is -2.75. The molecule has 4 bridgehead atoms. The Morgan fingerprint density at radius 3 is 1.54 bits per heavy atom. The van der Waals surface area contributed by atoms with Gasteiger partial charge in [0, 0.05) is 5.54 Å². The van der Waals surface area contributed by atoms with E-state index < -0.39 is 33.8 Å². The Balaban J connectivity index is 1.71. The van der Waals surface area contributed by atoms with E-state index in [-0.39, 0.29) is 0 Å². The maximum Gasteiger partial charge on any atom is 0.473 e. The highest BCUT2D eigenvalue weighted by Crippen LogP contribution is 2.70. The molecule has 4 rings (SSSR count). The first-order valence-corrected chi connectivity index (χ1v) is 23.5. The zero-order valence-electron chi connectivity index (χ0n) is 19.5. The predicted octanol–water partition coefficient (Wildman–Crippen LogP) is 6.33. The zero-order chi connectivity index (χ0) is 20.7. The monoisotopic (exact) mass is 454 g/mol. The quantitative estimate of drug-likeness (QED) is 0.255. The molecule has 3 saturated carbocycles. The molecule has 4 aliphatic rings. The van der Waals surface area contributed by atoms with Crippen LogP contribution in [0.5, 0.6) is 0 Å². The lowest BCUT2D eigenvalue weighted by Crippen LogP contribution is -2.64. The van der Waals surface area contributed by atoms with Gasteiger partial charge in [-0.3, -0.25) is 0 Å². The van der Waals surface area contributed by atoms with Crippen molar-refractivity contribution >= 4 is 33.8 Å². The molecule has 28 heavy (non-hydrogen) atoms. The van der Waals surface area contributed by atoms with E-state index >= 15 is 0 Å². The molecule has 0 aromatic heterocycles. The van der Waals surface area contributed by atoms with Gasteiger partial charge in [0.05, 0.1) is 0 Å². The van der Waals surface area contributed by atoms with Gasteiger partial charge in [-0.15, -0.1) is 0 Å². The van der Waals surface area contributed by atoms with Gasteiger partial charge in [-0.1, -0.05) is 12.2 Å². The number of hydrogen-bond donors (Lipinski definition) is 0. The Bertz CT molecular complexity index is 605. The van der Waals surface area contributed by atoms with Crippen LogP contribution >= 0.6 is 0 Å². The Morgan fingerprint density at radius 1 is 0.607 bits per heavy atom. The maximum absolute atomic E-state index is 7.13. The zero-order valence-corrected chi connectivity index (χ0v) is 23.5. The normalized spacial score (nSPS) is 39.8. The molecule has 0 saturated heterocycles. The first-order valence-electron chi connectivity index (χ1n) is 11.5. The van der Waals surface area contributed by atoms with Gasteiger partial charge in [0.1, 0.15) is 0 Å². The highest BCUT2D eigenvalue weighted by atomic mass is 28.5. The summed E-state index contributed by atoms with van der Waals surface area (Å²) < 4.78 is 21.4. The summed E-state index contributed by atoms with van der Waals surface area (Å²) in [6.45, 7) is 20.9. The van der Waals surface area contributed by atoms with Crippen LogP contribution in [0.2, 0.25) is 64.5 Å². The van der Waals surface area contributed by atoms with Gasteiger partial charge in [-0.05, 0) is 114 Å². The number of rotatable bonds is 7. The van der Waals surface area contributed by atoms with Gasteiger partial charge < -0.3 is 12.3 Å². The average Bonchev–Trinajstić information content (AvgIpc) is 3.20. The average molecular weight is 455 g/mol. The van der Waals surface area contributed by atoms with Gasteiger partial charge in [-0.2, -0.15) is 0 Å². The molecule has 160 valence electrons. The molecule has 3 fully saturated rings. The summed E-state index contributed by atoms with van der Waals surface area (Å²) in [6.07, 6.45) is 9.21. The fraction of sp³-hybridized carbons (Fsp3) is 0.905. The van der Waals surface area contributed by atoms with Crippen LogP contribution in [0.4, 0.5) is 0 Å². The van der Waals surface area contributed by atoms with E-state index in [1.54, 1.807) is 0 Å². The molecule has 7 unspecified atom stereocenters. The topological polar surface area (TPSA) is 27.7 Å². The van der Waals surface area contributed by atoms with E-state index in [2.05, 4.69) is 71.1 Å². The van der Waals surface area contributed by atoms with Crippen molar-refractivity contribution in [3.63, 3.8) is 0 Å². The lowest BCUT2D eigenvalue weighted by molar-refractivity contribution is 0.154. The fourth-order valence-corrected chi connectivity index (χ4v) is 22.2. The van der Waals surface area contributed by atoms with Crippen molar-refractivity contribution in [2.75, 3.05) is 0 Å². The summed E-state index contributed by atoms with van der Waals surface area (Å²) in [5.74, 6) is 5.18. The molecule has 7 atom stereocenters. The first-order chi connectivity index (χ1) is 12.7. The highest BCUT2D eigenvalue weighted by Gasteiger charge is 2.69. The Hall–Kier alpha value is 0.488. The summed E-state index contributed by atoms with van der Waals surface area (Å²) in [7, 11) is -8.13. The third-order valence-electron chi connectivity index (χ3n) is 7.07. The molecule has 0 amide bonds. The van der Waals surface area contributed by atoms with E-state index in [0.717, 1.165) is 35.5 Å². The van der Waals surface area contributed by atoms with Crippen LogP contribution in [-0.2, 0) is 12.3 Å². The second kappa shape index (κ2) is 6.74. The Kier molecular flexibility index (Phi) is 5.23. The lowest BCUT2D eigenvalue weighted by Gasteiger charge is -2.50. The van der Waals surface area contributed by atoms with E-state index in [1.807, 2.05) is 0 Å². The highest BCUT2D eigenvalue weighted by molar-refractivity contribution is 6.90. The van der Waals surface area contributed by atoms with Gasteiger partial charge in [0.15, 0.2) is 25.0 Å². The smallest absolute Gasteiger partial charge is 0.417 e. The number of fused-ring (bicyclic) bond motifs is 9. The molecule has 7 heteroatoms. The second-order valence-electron chi connectivity index (χ2n) is 12.9. The van der Waals surface area contributed by atoms with Gasteiger partial charge in [0.25, 0.3) is 0 Å². The minimum Gasteiger partial charge on any atom is -0.417 e. The molecule has 0 heterocycles. The summed E-state index contributed by atoms with van der Waals surface area (Å²) in [5, 5.41) is 0. The number of hydrogen-bond acceptors (Lipinski definition) is 3. The SMILES string of the molecule is C[Si](C)(C)O[Si](O[Si](C)(C)C)(O[Si](C)(C)C)C1CC2CC1C1C3C=CC(C3)C21. The molecule has 0 aromatic carbocycles. The molecule has 0 spiro atoms. The van der Waals surface area contributed by atoms with Crippen molar-refractivity contribution in [3.8, 4) is 0 Å². The summed E-state index contributed by atoms with van der Waals surface area (Å²) in [4.78, 5) is 0. The van der Waals surface area contributed by atoms with Crippen LogP contribution in [0.3, 0.4) is 0 Å². The lowest BCUT2D eigenvalue weighted by atomic mass is 9.73.